The zero-order valence-corrected chi connectivity index (χ0v) is 18.2. The topological polar surface area (TPSA) is 83.2 Å². The van der Waals surface area contributed by atoms with Crippen LogP contribution < -0.4 is 16.0 Å². The highest BCUT2D eigenvalue weighted by Crippen LogP contribution is 2.33. The summed E-state index contributed by atoms with van der Waals surface area (Å²) in [7, 11) is 4.18. The first kappa shape index (κ1) is 20.7. The molecule has 3 aromatic rings. The van der Waals surface area contributed by atoms with E-state index in [0.717, 1.165) is 35.4 Å². The highest BCUT2D eigenvalue weighted by atomic mass is 35.5. The van der Waals surface area contributed by atoms with Crippen molar-refractivity contribution in [2.45, 2.75) is 25.6 Å². The van der Waals surface area contributed by atoms with Crippen LogP contribution in [0.2, 0.25) is 5.02 Å². The Labute approximate surface area is 180 Å². The molecule has 0 bridgehead atoms. The number of fused-ring (bicyclic) bond motifs is 1. The number of likely N-dealkylation sites (N-methyl/N-ethyl adjacent to an activating group) is 1. The molecule has 158 valence electrons. The third-order valence-corrected chi connectivity index (χ3v) is 6.31. The standard InChI is InChI=1S/C21H25ClFN7/c1-12-15-9-25-17(30-10-21(2,11-30)29(3)4)8-14(15)20(28-27-12)26-19(24)13-6-5-7-16(23)18(13)22/h5-9,19H,10-11,24H2,1-4H3,(H,26,28)/t19-/m0/s1. The van der Waals surface area contributed by atoms with Crippen LogP contribution in [-0.2, 0) is 0 Å². The van der Waals surface area contributed by atoms with Crippen molar-refractivity contribution < 1.29 is 4.39 Å². The number of hydrogen-bond donors (Lipinski definition) is 2. The summed E-state index contributed by atoms with van der Waals surface area (Å²) < 4.78 is 13.8. The Morgan fingerprint density at radius 1 is 1.27 bits per heavy atom. The van der Waals surface area contributed by atoms with Crippen LogP contribution in [0.3, 0.4) is 0 Å². The van der Waals surface area contributed by atoms with Crippen molar-refractivity contribution in [3.63, 3.8) is 0 Å². The van der Waals surface area contributed by atoms with Crippen LogP contribution >= 0.6 is 11.6 Å². The molecule has 0 unspecified atom stereocenters. The largest absolute Gasteiger partial charge is 0.353 e. The van der Waals surface area contributed by atoms with E-state index in [0.29, 0.717) is 11.4 Å². The van der Waals surface area contributed by atoms with E-state index < -0.39 is 12.0 Å². The fraction of sp³-hybridized carbons (Fsp3) is 0.381. The number of hydrogen-bond acceptors (Lipinski definition) is 7. The number of nitrogens with one attached hydrogen (secondary N) is 1. The van der Waals surface area contributed by atoms with Gasteiger partial charge in [-0.3, -0.25) is 0 Å². The van der Waals surface area contributed by atoms with Crippen molar-refractivity contribution in [2.75, 3.05) is 37.4 Å². The van der Waals surface area contributed by atoms with Gasteiger partial charge in [-0.1, -0.05) is 23.7 Å². The summed E-state index contributed by atoms with van der Waals surface area (Å²) >= 11 is 6.09. The van der Waals surface area contributed by atoms with E-state index in [-0.39, 0.29) is 10.6 Å². The van der Waals surface area contributed by atoms with Gasteiger partial charge < -0.3 is 20.9 Å². The van der Waals surface area contributed by atoms with Gasteiger partial charge in [-0.15, -0.1) is 5.10 Å². The minimum absolute atomic E-state index is 0.00668. The zero-order valence-electron chi connectivity index (χ0n) is 17.4. The van der Waals surface area contributed by atoms with Gasteiger partial charge in [-0.25, -0.2) is 9.37 Å². The first-order valence-corrected chi connectivity index (χ1v) is 10.1. The van der Waals surface area contributed by atoms with Gasteiger partial charge in [0, 0.05) is 35.6 Å². The second-order valence-corrected chi connectivity index (χ2v) is 8.61. The Morgan fingerprint density at radius 2 is 2.00 bits per heavy atom. The predicted octanol–water partition coefficient (Wildman–Crippen LogP) is 3.34. The number of benzene rings is 1. The molecule has 7 nitrogen and oxygen atoms in total. The molecule has 0 radical (unpaired) electrons. The SMILES string of the molecule is Cc1nnc(N[C@H](N)c2cccc(F)c2Cl)c2cc(N3CC(C)(N(C)C)C3)ncc12. The number of anilines is 2. The summed E-state index contributed by atoms with van der Waals surface area (Å²) in [6.45, 7) is 5.89. The molecule has 1 aliphatic rings. The summed E-state index contributed by atoms with van der Waals surface area (Å²) in [6.07, 6.45) is 1.07. The van der Waals surface area contributed by atoms with E-state index in [2.05, 4.69) is 51.3 Å². The van der Waals surface area contributed by atoms with Crippen LogP contribution in [0.4, 0.5) is 16.0 Å². The Bertz CT molecular complexity index is 1100. The fourth-order valence-corrected chi connectivity index (χ4v) is 3.89. The fourth-order valence-electron chi connectivity index (χ4n) is 3.65. The molecular weight excluding hydrogens is 405 g/mol. The van der Waals surface area contributed by atoms with Crippen molar-refractivity contribution in [1.29, 1.82) is 0 Å². The van der Waals surface area contributed by atoms with Crippen molar-refractivity contribution in [1.82, 2.24) is 20.1 Å². The van der Waals surface area contributed by atoms with E-state index in [9.17, 15) is 4.39 Å². The van der Waals surface area contributed by atoms with Crippen LogP contribution in [0.5, 0.6) is 0 Å². The van der Waals surface area contributed by atoms with E-state index in [1.165, 1.54) is 6.07 Å². The molecule has 4 rings (SSSR count). The van der Waals surface area contributed by atoms with Crippen molar-refractivity contribution in [3.05, 3.63) is 52.6 Å². The van der Waals surface area contributed by atoms with Crippen molar-refractivity contribution in [2.24, 2.45) is 5.73 Å². The van der Waals surface area contributed by atoms with Crippen LogP contribution in [0.15, 0.2) is 30.5 Å². The maximum atomic E-state index is 13.8. The summed E-state index contributed by atoms with van der Waals surface area (Å²) in [6, 6.07) is 6.55. The minimum atomic E-state index is -0.744. The maximum Gasteiger partial charge on any atom is 0.158 e. The van der Waals surface area contributed by atoms with Crippen LogP contribution in [0, 0.1) is 12.7 Å². The highest BCUT2D eigenvalue weighted by molar-refractivity contribution is 6.31. The lowest BCUT2D eigenvalue weighted by Gasteiger charge is -2.52. The number of pyridine rings is 1. The highest BCUT2D eigenvalue weighted by Gasteiger charge is 2.41. The van der Waals surface area contributed by atoms with Gasteiger partial charge in [-0.05, 0) is 40.1 Å². The minimum Gasteiger partial charge on any atom is -0.353 e. The molecule has 0 aliphatic carbocycles. The molecule has 3 heterocycles. The van der Waals surface area contributed by atoms with Crippen molar-refractivity contribution >= 4 is 34.0 Å². The molecule has 2 aromatic heterocycles. The quantitative estimate of drug-likeness (QED) is 0.602. The smallest absolute Gasteiger partial charge is 0.158 e. The molecule has 1 aliphatic heterocycles. The normalized spacial score (nSPS) is 16.6. The Balaban J connectivity index is 1.67. The van der Waals surface area contributed by atoms with E-state index in [4.69, 9.17) is 17.3 Å². The van der Waals surface area contributed by atoms with E-state index in [1.807, 2.05) is 19.2 Å². The van der Waals surface area contributed by atoms with Crippen LogP contribution in [-0.4, -0.2) is 52.8 Å². The second-order valence-electron chi connectivity index (χ2n) is 8.23. The number of rotatable bonds is 5. The Kier molecular flexibility index (Phi) is 5.25. The summed E-state index contributed by atoms with van der Waals surface area (Å²) in [5, 5.41) is 13.4. The zero-order chi connectivity index (χ0) is 21.6. The molecular formula is C21H25ClFN7. The third-order valence-electron chi connectivity index (χ3n) is 5.91. The Morgan fingerprint density at radius 3 is 2.70 bits per heavy atom. The summed E-state index contributed by atoms with van der Waals surface area (Å²) in [5.74, 6) is 0.858. The molecule has 1 fully saturated rings. The van der Waals surface area contributed by atoms with E-state index >= 15 is 0 Å². The molecule has 9 heteroatoms. The lowest BCUT2D eigenvalue weighted by atomic mass is 9.91. The molecule has 3 N–H and O–H groups in total. The van der Waals surface area contributed by atoms with Gasteiger partial charge in [0.1, 0.15) is 17.8 Å². The molecule has 1 saturated heterocycles. The maximum absolute atomic E-state index is 13.8. The molecule has 1 atom stereocenters. The molecule has 0 spiro atoms. The lowest BCUT2D eigenvalue weighted by molar-refractivity contribution is 0.132. The number of aromatic nitrogens is 3. The van der Waals surface area contributed by atoms with Crippen LogP contribution in [0.25, 0.3) is 10.8 Å². The number of aryl methyl sites for hydroxylation is 1. The van der Waals surface area contributed by atoms with Crippen LogP contribution in [0.1, 0.15) is 24.3 Å². The van der Waals surface area contributed by atoms with E-state index in [1.54, 1.807) is 12.1 Å². The first-order chi connectivity index (χ1) is 14.2. The number of halogens is 2. The Hall–Kier alpha value is -2.55. The third kappa shape index (κ3) is 3.55. The average molecular weight is 430 g/mol. The summed E-state index contributed by atoms with van der Waals surface area (Å²) in [5.41, 5.74) is 7.62. The molecule has 30 heavy (non-hydrogen) atoms. The second kappa shape index (κ2) is 7.61. The predicted molar refractivity (Wildman–Crippen MR) is 118 cm³/mol. The van der Waals surface area contributed by atoms with Gasteiger partial charge in [0.15, 0.2) is 5.82 Å². The number of nitrogens with zero attached hydrogens (tertiary/aromatic N) is 5. The summed E-state index contributed by atoms with van der Waals surface area (Å²) in [4.78, 5) is 9.08. The van der Waals surface area contributed by atoms with Crippen molar-refractivity contribution in [3.8, 4) is 0 Å². The lowest BCUT2D eigenvalue weighted by Crippen LogP contribution is -2.67. The first-order valence-electron chi connectivity index (χ1n) is 9.71. The van der Waals surface area contributed by atoms with Gasteiger partial charge in [0.05, 0.1) is 16.3 Å². The monoisotopic (exact) mass is 429 g/mol. The average Bonchev–Trinajstić information content (AvgIpc) is 2.69. The van der Waals surface area contributed by atoms with Gasteiger partial charge in [-0.2, -0.15) is 5.10 Å². The molecule has 0 amide bonds. The molecule has 1 aromatic carbocycles. The van der Waals surface area contributed by atoms with Gasteiger partial charge in [0.25, 0.3) is 0 Å². The van der Waals surface area contributed by atoms with Gasteiger partial charge >= 0.3 is 0 Å². The number of nitrogens with two attached hydrogens (primary N) is 1. The molecule has 0 saturated carbocycles. The van der Waals surface area contributed by atoms with Gasteiger partial charge in [0.2, 0.25) is 0 Å².